The van der Waals surface area contributed by atoms with Gasteiger partial charge in [-0.05, 0) is 37.5 Å². The molecule has 6 rings (SSSR count). The number of para-hydroxylation sites is 1. The lowest BCUT2D eigenvalue weighted by Crippen LogP contribution is -2.54. The van der Waals surface area contributed by atoms with E-state index in [4.69, 9.17) is 9.47 Å². The number of Topliss-reactive ketones (excluding diaryl/α,β-unsaturated/α-hetero) is 1. The summed E-state index contributed by atoms with van der Waals surface area (Å²) in [5, 5.41) is 11.9. The van der Waals surface area contributed by atoms with Gasteiger partial charge in [-0.3, -0.25) is 14.4 Å². The van der Waals surface area contributed by atoms with Gasteiger partial charge >= 0.3 is 0 Å². The topological polar surface area (TPSA) is 134 Å². The summed E-state index contributed by atoms with van der Waals surface area (Å²) in [6, 6.07) is 12.6. The third-order valence-corrected chi connectivity index (χ3v) is 10.6. The summed E-state index contributed by atoms with van der Waals surface area (Å²) in [5.74, 6) is -3.02. The second-order valence-corrected chi connectivity index (χ2v) is 13.1. The van der Waals surface area contributed by atoms with Crippen LogP contribution in [0.25, 0.3) is 5.76 Å². The third-order valence-electron chi connectivity index (χ3n) is 8.67. The standard InChI is InChI=1S/C31H35N3O8S/c1-2-3-13-33-25-12-5-4-11-24(25)31(30(33)38)26(28(36)29(37)34(31)20-22-9-7-16-42-22)27(35)21-8-6-10-23(19-21)43(39,40)32-14-17-41-18-15-32/h4-6,8,10-12,19,22,35H,2-3,7,9,13-18,20H2,1H3/b27-26+. The predicted molar refractivity (Wildman–Crippen MR) is 157 cm³/mol. The first-order valence-electron chi connectivity index (χ1n) is 14.7. The number of morpholine rings is 1. The first-order chi connectivity index (χ1) is 20.7. The molecule has 43 heavy (non-hydrogen) atoms. The fourth-order valence-electron chi connectivity index (χ4n) is 6.53. The largest absolute Gasteiger partial charge is 0.507 e. The van der Waals surface area contributed by atoms with Crippen LogP contribution in [-0.2, 0) is 39.4 Å². The lowest BCUT2D eigenvalue weighted by atomic mass is 9.81. The van der Waals surface area contributed by atoms with Gasteiger partial charge in [0.2, 0.25) is 10.0 Å². The minimum absolute atomic E-state index is 0.00546. The lowest BCUT2D eigenvalue weighted by molar-refractivity contribution is -0.145. The van der Waals surface area contributed by atoms with Gasteiger partial charge in [-0.2, -0.15) is 4.31 Å². The van der Waals surface area contributed by atoms with Gasteiger partial charge in [-0.15, -0.1) is 0 Å². The molecule has 4 heterocycles. The van der Waals surface area contributed by atoms with E-state index in [-0.39, 0.29) is 55.0 Å². The Morgan fingerprint density at radius 2 is 1.81 bits per heavy atom. The molecule has 4 aliphatic rings. The van der Waals surface area contributed by atoms with Crippen LogP contribution in [0.5, 0.6) is 0 Å². The molecular weight excluding hydrogens is 574 g/mol. The van der Waals surface area contributed by atoms with Crippen molar-refractivity contribution in [3.63, 3.8) is 0 Å². The zero-order valence-electron chi connectivity index (χ0n) is 24.0. The van der Waals surface area contributed by atoms with Gasteiger partial charge < -0.3 is 24.4 Å². The molecule has 3 fully saturated rings. The van der Waals surface area contributed by atoms with Crippen LogP contribution in [-0.4, -0.2) is 92.4 Å². The highest BCUT2D eigenvalue weighted by Gasteiger charge is 2.67. The Hall–Kier alpha value is -3.58. The molecule has 0 saturated carbocycles. The van der Waals surface area contributed by atoms with E-state index in [0.29, 0.717) is 37.2 Å². The number of likely N-dealkylation sites (tertiary alicyclic amines) is 1. The third kappa shape index (κ3) is 4.67. The Labute approximate surface area is 250 Å². The highest BCUT2D eigenvalue weighted by molar-refractivity contribution is 7.89. The summed E-state index contributed by atoms with van der Waals surface area (Å²) < 4.78 is 39.3. The molecule has 1 N–H and O–H groups in total. The Morgan fingerprint density at radius 1 is 1.05 bits per heavy atom. The van der Waals surface area contributed by atoms with Crippen LogP contribution in [0.1, 0.15) is 43.7 Å². The quantitative estimate of drug-likeness (QED) is 0.274. The van der Waals surface area contributed by atoms with Crippen molar-refractivity contribution in [3.8, 4) is 0 Å². The van der Waals surface area contributed by atoms with Crippen molar-refractivity contribution in [1.82, 2.24) is 9.21 Å². The van der Waals surface area contributed by atoms with E-state index in [9.17, 15) is 27.9 Å². The maximum absolute atomic E-state index is 14.6. The first-order valence-corrected chi connectivity index (χ1v) is 16.2. The number of aliphatic hydroxyl groups excluding tert-OH is 1. The van der Waals surface area contributed by atoms with E-state index in [1.165, 1.54) is 33.5 Å². The number of aliphatic hydroxyl groups is 1. The average Bonchev–Trinajstić information content (AvgIpc) is 3.69. The van der Waals surface area contributed by atoms with Crippen LogP contribution in [0.2, 0.25) is 0 Å². The number of rotatable bonds is 8. The van der Waals surface area contributed by atoms with Crippen molar-refractivity contribution in [3.05, 3.63) is 65.2 Å². The molecule has 3 saturated heterocycles. The van der Waals surface area contributed by atoms with E-state index in [1.54, 1.807) is 29.2 Å². The van der Waals surface area contributed by atoms with E-state index < -0.39 is 38.9 Å². The van der Waals surface area contributed by atoms with Crippen LogP contribution in [0.4, 0.5) is 5.69 Å². The molecule has 12 heteroatoms. The Balaban J connectivity index is 1.54. The number of hydrogen-bond acceptors (Lipinski definition) is 8. The number of benzene rings is 2. The van der Waals surface area contributed by atoms with E-state index in [1.807, 2.05) is 6.92 Å². The molecular formula is C31H35N3O8S. The summed E-state index contributed by atoms with van der Waals surface area (Å²) >= 11 is 0. The van der Waals surface area contributed by atoms with Gasteiger partial charge in [0.25, 0.3) is 17.6 Å². The molecule has 1 spiro atoms. The number of ketones is 1. The number of carbonyl (C=O) groups excluding carboxylic acids is 3. The highest BCUT2D eigenvalue weighted by Crippen LogP contribution is 2.54. The van der Waals surface area contributed by atoms with Crippen LogP contribution < -0.4 is 4.90 Å². The average molecular weight is 610 g/mol. The second kappa shape index (κ2) is 11.5. The maximum Gasteiger partial charge on any atom is 0.296 e. The Morgan fingerprint density at radius 3 is 2.53 bits per heavy atom. The van der Waals surface area contributed by atoms with E-state index in [2.05, 4.69) is 0 Å². The molecule has 2 amide bonds. The molecule has 2 unspecified atom stereocenters. The van der Waals surface area contributed by atoms with Gasteiger partial charge in [0.1, 0.15) is 5.76 Å². The summed E-state index contributed by atoms with van der Waals surface area (Å²) in [6.07, 6.45) is 2.59. The normalized spacial score (nSPS) is 25.7. The number of ether oxygens (including phenoxy) is 2. The number of sulfonamides is 1. The number of amides is 2. The summed E-state index contributed by atoms with van der Waals surface area (Å²) in [5.41, 5.74) is -1.29. The van der Waals surface area contributed by atoms with Gasteiger partial charge in [0, 0.05) is 43.9 Å². The molecule has 0 bridgehead atoms. The molecule has 228 valence electrons. The first kappa shape index (κ1) is 29.5. The molecule has 2 aromatic carbocycles. The molecule has 0 aliphatic carbocycles. The lowest BCUT2D eigenvalue weighted by Gasteiger charge is -2.35. The fourth-order valence-corrected chi connectivity index (χ4v) is 7.99. The van der Waals surface area contributed by atoms with Gasteiger partial charge in [-0.1, -0.05) is 43.7 Å². The van der Waals surface area contributed by atoms with E-state index >= 15 is 0 Å². The monoisotopic (exact) mass is 609 g/mol. The summed E-state index contributed by atoms with van der Waals surface area (Å²) in [6.45, 7) is 3.79. The second-order valence-electron chi connectivity index (χ2n) is 11.2. The molecule has 2 aromatic rings. The number of fused-ring (bicyclic) bond motifs is 2. The van der Waals surface area contributed by atoms with Crippen molar-refractivity contribution < 1.29 is 37.4 Å². The zero-order valence-corrected chi connectivity index (χ0v) is 24.8. The summed E-state index contributed by atoms with van der Waals surface area (Å²) in [7, 11) is -3.93. The van der Waals surface area contributed by atoms with E-state index in [0.717, 1.165) is 12.8 Å². The molecule has 11 nitrogen and oxygen atoms in total. The minimum atomic E-state index is -3.93. The number of unbranched alkanes of at least 4 members (excludes halogenated alkanes) is 1. The minimum Gasteiger partial charge on any atom is -0.507 e. The van der Waals surface area contributed by atoms with Crippen molar-refractivity contribution in [2.75, 3.05) is 50.9 Å². The summed E-state index contributed by atoms with van der Waals surface area (Å²) in [4.78, 5) is 45.1. The molecule has 4 aliphatic heterocycles. The van der Waals surface area contributed by atoms with Crippen molar-refractivity contribution in [2.24, 2.45) is 0 Å². The smallest absolute Gasteiger partial charge is 0.296 e. The van der Waals surface area contributed by atoms with Crippen molar-refractivity contribution in [2.45, 2.75) is 49.1 Å². The van der Waals surface area contributed by atoms with Crippen LogP contribution in [0.3, 0.4) is 0 Å². The molecule has 0 radical (unpaired) electrons. The Bertz CT molecular complexity index is 1590. The van der Waals surface area contributed by atoms with Crippen molar-refractivity contribution in [1.29, 1.82) is 0 Å². The van der Waals surface area contributed by atoms with Crippen LogP contribution in [0.15, 0.2) is 59.0 Å². The fraction of sp³-hybridized carbons (Fsp3) is 0.452. The van der Waals surface area contributed by atoms with Crippen LogP contribution in [0, 0.1) is 0 Å². The number of anilines is 1. The number of hydrogen-bond donors (Lipinski definition) is 1. The number of carbonyl (C=O) groups is 3. The molecule has 2 atom stereocenters. The predicted octanol–water partition coefficient (Wildman–Crippen LogP) is 2.61. The molecule has 0 aromatic heterocycles. The zero-order chi connectivity index (χ0) is 30.4. The SMILES string of the molecule is CCCCN1C(=O)C2(/C(=C(/O)c3cccc(S(=O)(=O)N4CCOCC4)c3)C(=O)C(=O)N2CC2CCCO2)c2ccccc21. The highest BCUT2D eigenvalue weighted by atomic mass is 32.2. The van der Waals surface area contributed by atoms with Gasteiger partial charge in [0.15, 0.2) is 5.54 Å². The Kier molecular flexibility index (Phi) is 7.88. The maximum atomic E-state index is 14.6. The number of nitrogens with zero attached hydrogens (tertiary/aromatic N) is 3. The van der Waals surface area contributed by atoms with Gasteiger partial charge in [0.05, 0.1) is 35.5 Å². The van der Waals surface area contributed by atoms with Gasteiger partial charge in [-0.25, -0.2) is 8.42 Å². The van der Waals surface area contributed by atoms with Crippen molar-refractivity contribution >= 4 is 39.1 Å². The van der Waals surface area contributed by atoms with Crippen LogP contribution >= 0.6 is 0 Å².